The molecule has 1 N–H and O–H groups in total. The van der Waals surface area contributed by atoms with Crippen molar-refractivity contribution in [1.29, 1.82) is 0 Å². The quantitative estimate of drug-likeness (QED) is 0.867. The van der Waals surface area contributed by atoms with Crippen molar-refractivity contribution in [3.63, 3.8) is 0 Å². The van der Waals surface area contributed by atoms with Gasteiger partial charge in [-0.15, -0.1) is 0 Å². The third-order valence-electron chi connectivity index (χ3n) is 3.15. The highest BCUT2D eigenvalue weighted by molar-refractivity contribution is 7.98. The molecule has 19 heavy (non-hydrogen) atoms. The molecular weight excluding hydrogens is 254 g/mol. The molecule has 0 saturated heterocycles. The van der Waals surface area contributed by atoms with E-state index in [4.69, 9.17) is 0 Å². The Labute approximate surface area is 122 Å². The van der Waals surface area contributed by atoms with Gasteiger partial charge in [0.1, 0.15) is 0 Å². The second-order valence-corrected chi connectivity index (χ2v) is 6.93. The van der Waals surface area contributed by atoms with Crippen molar-refractivity contribution in [1.82, 2.24) is 10.3 Å². The predicted octanol–water partition coefficient (Wildman–Crippen LogP) is 3.16. The molecule has 0 amide bonds. The lowest BCUT2D eigenvalue weighted by molar-refractivity contribution is 0.424. The van der Waals surface area contributed by atoms with E-state index >= 15 is 0 Å². The van der Waals surface area contributed by atoms with Gasteiger partial charge < -0.3 is 10.2 Å². The zero-order chi connectivity index (χ0) is 14.5. The van der Waals surface area contributed by atoms with Crippen LogP contribution in [0.2, 0.25) is 0 Å². The fourth-order valence-corrected chi connectivity index (χ4v) is 2.54. The Hall–Kier alpha value is -0.740. The molecule has 0 aromatic carbocycles. The monoisotopic (exact) mass is 281 g/mol. The van der Waals surface area contributed by atoms with E-state index in [9.17, 15) is 0 Å². The van der Waals surface area contributed by atoms with E-state index < -0.39 is 0 Å². The fourth-order valence-electron chi connectivity index (χ4n) is 1.83. The lowest BCUT2D eigenvalue weighted by atomic mass is 10.1. The molecule has 4 heteroatoms. The van der Waals surface area contributed by atoms with Crippen molar-refractivity contribution >= 4 is 17.4 Å². The van der Waals surface area contributed by atoms with Crippen LogP contribution in [0.25, 0.3) is 0 Å². The summed E-state index contributed by atoms with van der Waals surface area (Å²) in [4.78, 5) is 6.60. The Kier molecular flexibility index (Phi) is 6.14. The van der Waals surface area contributed by atoms with Crippen LogP contribution < -0.4 is 10.2 Å². The minimum Gasteiger partial charge on any atom is -0.370 e. The number of hydrogen-bond acceptors (Lipinski definition) is 4. The molecule has 3 nitrogen and oxygen atoms in total. The van der Waals surface area contributed by atoms with Crippen LogP contribution in [0, 0.1) is 0 Å². The molecule has 1 atom stereocenters. The molecule has 0 aliphatic carbocycles. The van der Waals surface area contributed by atoms with Gasteiger partial charge in [0.15, 0.2) is 0 Å². The van der Waals surface area contributed by atoms with Crippen molar-refractivity contribution in [3.05, 3.63) is 24.0 Å². The lowest BCUT2D eigenvalue weighted by Gasteiger charge is -2.29. The minimum atomic E-state index is 0.129. The normalized spacial score (nSPS) is 13.4. The van der Waals surface area contributed by atoms with E-state index in [1.165, 1.54) is 11.3 Å². The van der Waals surface area contributed by atoms with Crippen LogP contribution in [0.4, 0.5) is 5.69 Å². The number of anilines is 1. The number of hydrogen-bond donors (Lipinski definition) is 1. The fraction of sp³-hybridized carbons (Fsp3) is 0.667. The first-order chi connectivity index (χ1) is 8.85. The number of aromatic nitrogens is 1. The first-order valence-electron chi connectivity index (χ1n) is 6.75. The zero-order valence-electron chi connectivity index (χ0n) is 13.0. The summed E-state index contributed by atoms with van der Waals surface area (Å²) in [6, 6.07) is 2.61. The average molecular weight is 281 g/mol. The second-order valence-electron chi connectivity index (χ2n) is 6.02. The first kappa shape index (κ1) is 16.3. The van der Waals surface area contributed by atoms with Crippen molar-refractivity contribution < 1.29 is 0 Å². The van der Waals surface area contributed by atoms with Crippen LogP contribution in [0.15, 0.2) is 18.5 Å². The number of nitrogens with one attached hydrogen (secondary N) is 1. The molecule has 1 heterocycles. The third-order valence-corrected chi connectivity index (χ3v) is 3.96. The van der Waals surface area contributed by atoms with Gasteiger partial charge in [-0.3, -0.25) is 4.98 Å². The van der Waals surface area contributed by atoms with E-state index in [0.29, 0.717) is 6.04 Å². The maximum Gasteiger partial charge on any atom is 0.0598 e. The summed E-state index contributed by atoms with van der Waals surface area (Å²) in [6.45, 7) is 9.69. The number of rotatable bonds is 6. The Morgan fingerprint density at radius 3 is 2.68 bits per heavy atom. The van der Waals surface area contributed by atoms with Gasteiger partial charge in [-0.1, -0.05) is 0 Å². The van der Waals surface area contributed by atoms with E-state index in [1.807, 2.05) is 24.2 Å². The van der Waals surface area contributed by atoms with Gasteiger partial charge in [-0.2, -0.15) is 11.8 Å². The smallest absolute Gasteiger partial charge is 0.0598 e. The Morgan fingerprint density at radius 1 is 1.42 bits per heavy atom. The highest BCUT2D eigenvalue weighted by Gasteiger charge is 2.15. The summed E-state index contributed by atoms with van der Waals surface area (Å²) >= 11 is 1.88. The van der Waals surface area contributed by atoms with Crippen molar-refractivity contribution in [3.8, 4) is 0 Å². The molecule has 1 rings (SSSR count). The van der Waals surface area contributed by atoms with Crippen LogP contribution in [0.3, 0.4) is 0 Å². The molecule has 1 unspecified atom stereocenters. The molecule has 0 aliphatic heterocycles. The van der Waals surface area contributed by atoms with E-state index in [-0.39, 0.29) is 5.54 Å². The Bertz CT molecular complexity index is 387. The third kappa shape index (κ3) is 5.41. The topological polar surface area (TPSA) is 28.2 Å². The summed E-state index contributed by atoms with van der Waals surface area (Å²) in [7, 11) is 2.15. The van der Waals surface area contributed by atoms with Crippen LogP contribution in [0.5, 0.6) is 0 Å². The Balaban J connectivity index is 2.83. The van der Waals surface area contributed by atoms with Gasteiger partial charge in [0, 0.05) is 37.1 Å². The largest absolute Gasteiger partial charge is 0.370 e. The van der Waals surface area contributed by atoms with Crippen molar-refractivity contribution in [2.75, 3.05) is 24.0 Å². The number of nitrogens with zero attached hydrogens (tertiary/aromatic N) is 2. The van der Waals surface area contributed by atoms with Crippen LogP contribution in [-0.2, 0) is 6.54 Å². The van der Waals surface area contributed by atoms with Gasteiger partial charge in [0.2, 0.25) is 0 Å². The van der Waals surface area contributed by atoms with E-state index in [2.05, 4.69) is 62.3 Å². The Morgan fingerprint density at radius 2 is 2.11 bits per heavy atom. The summed E-state index contributed by atoms with van der Waals surface area (Å²) in [5, 5.41) is 3.54. The predicted molar refractivity (Wildman–Crippen MR) is 87.1 cm³/mol. The van der Waals surface area contributed by atoms with Gasteiger partial charge in [0.25, 0.3) is 0 Å². The first-order valence-corrected chi connectivity index (χ1v) is 8.14. The van der Waals surface area contributed by atoms with E-state index in [1.54, 1.807) is 0 Å². The molecule has 1 aromatic rings. The molecular formula is C15H27N3S. The SMILES string of the molecule is CSCC(C)N(C)c1cnccc1CNC(C)(C)C. The van der Waals surface area contributed by atoms with Gasteiger partial charge in [0.05, 0.1) is 11.9 Å². The van der Waals surface area contributed by atoms with Crippen molar-refractivity contribution in [2.24, 2.45) is 0 Å². The van der Waals surface area contributed by atoms with Gasteiger partial charge in [-0.05, 0) is 45.6 Å². The van der Waals surface area contributed by atoms with Crippen LogP contribution >= 0.6 is 11.8 Å². The highest BCUT2D eigenvalue weighted by Crippen LogP contribution is 2.21. The highest BCUT2D eigenvalue weighted by atomic mass is 32.2. The molecule has 0 bridgehead atoms. The summed E-state index contributed by atoms with van der Waals surface area (Å²) in [5.74, 6) is 1.12. The summed E-state index contributed by atoms with van der Waals surface area (Å²) in [5.41, 5.74) is 2.66. The van der Waals surface area contributed by atoms with E-state index in [0.717, 1.165) is 12.3 Å². The lowest BCUT2D eigenvalue weighted by Crippen LogP contribution is -2.36. The standard InChI is InChI=1S/C15H27N3S/c1-12(11-19-6)18(5)14-10-16-8-7-13(14)9-17-15(2,3)4/h7-8,10,12,17H,9,11H2,1-6H3. The van der Waals surface area contributed by atoms with Gasteiger partial charge >= 0.3 is 0 Å². The minimum absolute atomic E-state index is 0.129. The number of thioether (sulfide) groups is 1. The average Bonchev–Trinajstić information content (AvgIpc) is 2.35. The maximum absolute atomic E-state index is 4.28. The van der Waals surface area contributed by atoms with Crippen molar-refractivity contribution in [2.45, 2.75) is 45.8 Å². The second kappa shape index (κ2) is 7.15. The molecule has 0 spiro atoms. The number of pyridine rings is 1. The molecule has 1 aromatic heterocycles. The van der Waals surface area contributed by atoms with Crippen LogP contribution in [-0.4, -0.2) is 35.6 Å². The zero-order valence-corrected chi connectivity index (χ0v) is 13.8. The molecule has 0 aliphatic rings. The molecule has 108 valence electrons. The maximum atomic E-state index is 4.28. The summed E-state index contributed by atoms with van der Waals surface area (Å²) < 4.78 is 0. The van der Waals surface area contributed by atoms with Crippen LogP contribution in [0.1, 0.15) is 33.3 Å². The molecule has 0 fully saturated rings. The summed E-state index contributed by atoms with van der Waals surface area (Å²) in [6.07, 6.45) is 5.99. The molecule has 0 radical (unpaired) electrons. The van der Waals surface area contributed by atoms with Gasteiger partial charge in [-0.25, -0.2) is 0 Å². The molecule has 0 saturated carbocycles.